The van der Waals surface area contributed by atoms with Gasteiger partial charge in [0.25, 0.3) is 5.91 Å². The van der Waals surface area contributed by atoms with Gasteiger partial charge in [0.1, 0.15) is 25.2 Å². The average molecular weight is 291 g/mol. The van der Waals surface area contributed by atoms with Crippen LogP contribution in [0.15, 0.2) is 30.2 Å². The molecule has 0 unspecified atom stereocenters. The second kappa shape index (κ2) is 6.08. The highest BCUT2D eigenvalue weighted by molar-refractivity contribution is 6.03. The predicted molar refractivity (Wildman–Crippen MR) is 80.3 cm³/mol. The minimum absolute atomic E-state index is 0.0184. The molecule has 1 aliphatic rings. The summed E-state index contributed by atoms with van der Waals surface area (Å²) < 4.78 is 15.7. The first-order valence-electron chi connectivity index (χ1n) is 6.86. The van der Waals surface area contributed by atoms with E-state index < -0.39 is 0 Å². The molecule has 1 aromatic carbocycles. The first kappa shape index (κ1) is 15.2. The molecule has 0 bridgehead atoms. The normalized spacial score (nSPS) is 14.6. The lowest BCUT2D eigenvalue weighted by atomic mass is 9.87. The van der Waals surface area contributed by atoms with Crippen molar-refractivity contribution in [2.75, 3.05) is 25.6 Å². The minimum atomic E-state index is -0.348. The number of ether oxygens (including phenoxy) is 3. The Kier molecular flexibility index (Phi) is 4.40. The lowest BCUT2D eigenvalue weighted by Crippen LogP contribution is -2.22. The van der Waals surface area contributed by atoms with Crippen LogP contribution in [0.2, 0.25) is 0 Å². The fraction of sp³-hybridized carbons (Fsp3) is 0.438. The molecule has 0 aliphatic carbocycles. The molecule has 1 aliphatic heterocycles. The maximum absolute atomic E-state index is 12.2. The van der Waals surface area contributed by atoms with Crippen LogP contribution in [0.5, 0.6) is 5.75 Å². The molecule has 0 aromatic heterocycles. The Morgan fingerprint density at radius 1 is 1.29 bits per heavy atom. The number of rotatable bonds is 3. The number of carbonyl (C=O) groups is 1. The van der Waals surface area contributed by atoms with E-state index in [1.165, 1.54) is 6.26 Å². The van der Waals surface area contributed by atoms with Gasteiger partial charge in [-0.25, -0.2) is 0 Å². The zero-order valence-electron chi connectivity index (χ0n) is 12.9. The van der Waals surface area contributed by atoms with E-state index in [1.54, 1.807) is 7.11 Å². The Bertz CT molecular complexity index is 558. The fourth-order valence-corrected chi connectivity index (χ4v) is 1.94. The highest BCUT2D eigenvalue weighted by Gasteiger charge is 2.20. The third-order valence-corrected chi connectivity index (χ3v) is 3.19. The molecule has 1 aromatic rings. The zero-order valence-corrected chi connectivity index (χ0v) is 12.9. The molecular formula is C16H21NO4. The van der Waals surface area contributed by atoms with Crippen LogP contribution in [-0.2, 0) is 19.7 Å². The molecule has 0 saturated heterocycles. The lowest BCUT2D eigenvalue weighted by Gasteiger charge is -2.21. The first-order chi connectivity index (χ1) is 9.91. The Morgan fingerprint density at radius 3 is 2.62 bits per heavy atom. The number of hydrogen-bond donors (Lipinski definition) is 1. The molecule has 0 saturated carbocycles. The van der Waals surface area contributed by atoms with Crippen LogP contribution < -0.4 is 10.1 Å². The van der Waals surface area contributed by atoms with Crippen molar-refractivity contribution in [1.29, 1.82) is 0 Å². The maximum atomic E-state index is 12.2. The van der Waals surface area contributed by atoms with E-state index in [0.717, 1.165) is 5.56 Å². The number of nitrogens with one attached hydrogen (secondary N) is 1. The van der Waals surface area contributed by atoms with Gasteiger partial charge in [-0.05, 0) is 23.1 Å². The van der Waals surface area contributed by atoms with Crippen molar-refractivity contribution in [3.8, 4) is 5.75 Å². The molecule has 0 atom stereocenters. The van der Waals surface area contributed by atoms with E-state index in [-0.39, 0.29) is 17.1 Å². The van der Waals surface area contributed by atoms with Gasteiger partial charge >= 0.3 is 0 Å². The largest absolute Gasteiger partial charge is 0.495 e. The van der Waals surface area contributed by atoms with Gasteiger partial charge in [-0.3, -0.25) is 4.79 Å². The Hall–Kier alpha value is -2.17. The van der Waals surface area contributed by atoms with E-state index in [9.17, 15) is 4.79 Å². The SMILES string of the molecule is COc1ccc(C(C)(C)C)cc1NC(=O)C1=COCCO1. The number of anilines is 1. The molecular weight excluding hydrogens is 270 g/mol. The van der Waals surface area contributed by atoms with E-state index >= 15 is 0 Å². The van der Waals surface area contributed by atoms with Crippen LogP contribution in [0.4, 0.5) is 5.69 Å². The van der Waals surface area contributed by atoms with Crippen LogP contribution in [0, 0.1) is 0 Å². The summed E-state index contributed by atoms with van der Waals surface area (Å²) in [5, 5.41) is 2.81. The van der Waals surface area contributed by atoms with Gasteiger partial charge < -0.3 is 19.5 Å². The van der Waals surface area contributed by atoms with E-state index in [2.05, 4.69) is 26.1 Å². The molecule has 114 valence electrons. The summed E-state index contributed by atoms with van der Waals surface area (Å²) in [6, 6.07) is 5.76. The van der Waals surface area contributed by atoms with E-state index in [1.807, 2.05) is 18.2 Å². The summed E-state index contributed by atoms with van der Waals surface area (Å²) >= 11 is 0. The van der Waals surface area contributed by atoms with Gasteiger partial charge in [0.15, 0.2) is 0 Å². The molecule has 0 radical (unpaired) electrons. The standard InChI is InChI=1S/C16H21NO4/c1-16(2,3)11-5-6-13(19-4)12(9-11)17-15(18)14-10-20-7-8-21-14/h5-6,9-10H,7-8H2,1-4H3,(H,17,18). The molecule has 5 nitrogen and oxygen atoms in total. The topological polar surface area (TPSA) is 56.8 Å². The summed E-state index contributed by atoms with van der Waals surface area (Å²) in [5.74, 6) is 0.428. The number of amides is 1. The van der Waals surface area contributed by atoms with Gasteiger partial charge in [-0.2, -0.15) is 0 Å². The number of benzene rings is 1. The molecule has 1 heterocycles. The van der Waals surface area contributed by atoms with Crippen molar-refractivity contribution >= 4 is 11.6 Å². The summed E-state index contributed by atoms with van der Waals surface area (Å²) in [6.45, 7) is 7.17. The predicted octanol–water partition coefficient (Wildman–Crippen LogP) is 2.82. The molecule has 1 amide bonds. The molecule has 21 heavy (non-hydrogen) atoms. The van der Waals surface area contributed by atoms with Crippen LogP contribution >= 0.6 is 0 Å². The van der Waals surface area contributed by atoms with Crippen molar-refractivity contribution in [2.24, 2.45) is 0 Å². The van der Waals surface area contributed by atoms with Crippen LogP contribution in [0.25, 0.3) is 0 Å². The molecule has 5 heteroatoms. The van der Waals surface area contributed by atoms with Crippen molar-refractivity contribution in [3.05, 3.63) is 35.8 Å². The van der Waals surface area contributed by atoms with Gasteiger partial charge in [-0.1, -0.05) is 26.8 Å². The third kappa shape index (κ3) is 3.68. The van der Waals surface area contributed by atoms with Crippen molar-refractivity contribution in [1.82, 2.24) is 0 Å². The van der Waals surface area contributed by atoms with Gasteiger partial charge in [0.2, 0.25) is 5.76 Å². The smallest absolute Gasteiger partial charge is 0.294 e. The number of hydrogen-bond acceptors (Lipinski definition) is 4. The van der Waals surface area contributed by atoms with Crippen molar-refractivity contribution in [2.45, 2.75) is 26.2 Å². The van der Waals surface area contributed by atoms with Gasteiger partial charge in [-0.15, -0.1) is 0 Å². The summed E-state index contributed by atoms with van der Waals surface area (Å²) in [7, 11) is 1.57. The Labute approximate surface area is 124 Å². The second-order valence-electron chi connectivity index (χ2n) is 5.82. The number of carbonyl (C=O) groups excluding carboxylic acids is 1. The van der Waals surface area contributed by atoms with Gasteiger partial charge in [0.05, 0.1) is 12.8 Å². The summed E-state index contributed by atoms with van der Waals surface area (Å²) in [6.07, 6.45) is 1.33. The average Bonchev–Trinajstić information content (AvgIpc) is 2.47. The Morgan fingerprint density at radius 2 is 2.05 bits per heavy atom. The fourth-order valence-electron chi connectivity index (χ4n) is 1.94. The lowest BCUT2D eigenvalue weighted by molar-refractivity contribution is -0.117. The second-order valence-corrected chi connectivity index (χ2v) is 5.82. The van der Waals surface area contributed by atoms with Crippen LogP contribution in [0.3, 0.4) is 0 Å². The minimum Gasteiger partial charge on any atom is -0.495 e. The van der Waals surface area contributed by atoms with Gasteiger partial charge in [0, 0.05) is 0 Å². The molecule has 0 spiro atoms. The monoisotopic (exact) mass is 291 g/mol. The Balaban J connectivity index is 2.25. The molecule has 2 rings (SSSR count). The first-order valence-corrected chi connectivity index (χ1v) is 6.86. The summed E-state index contributed by atoms with van der Waals surface area (Å²) in [5.41, 5.74) is 1.70. The number of methoxy groups -OCH3 is 1. The van der Waals surface area contributed by atoms with Crippen LogP contribution in [0.1, 0.15) is 26.3 Å². The quantitative estimate of drug-likeness (QED) is 0.930. The van der Waals surface area contributed by atoms with E-state index in [4.69, 9.17) is 14.2 Å². The molecule has 1 N–H and O–H groups in total. The van der Waals surface area contributed by atoms with Crippen molar-refractivity contribution in [3.63, 3.8) is 0 Å². The summed E-state index contributed by atoms with van der Waals surface area (Å²) in [4.78, 5) is 12.2. The highest BCUT2D eigenvalue weighted by atomic mass is 16.6. The van der Waals surface area contributed by atoms with Crippen molar-refractivity contribution < 1.29 is 19.0 Å². The zero-order chi connectivity index (χ0) is 15.5. The van der Waals surface area contributed by atoms with E-state index in [0.29, 0.717) is 24.7 Å². The van der Waals surface area contributed by atoms with Crippen LogP contribution in [-0.4, -0.2) is 26.2 Å². The third-order valence-electron chi connectivity index (χ3n) is 3.19. The molecule has 0 fully saturated rings. The maximum Gasteiger partial charge on any atom is 0.294 e. The highest BCUT2D eigenvalue weighted by Crippen LogP contribution is 2.31.